The first-order valence-electron chi connectivity index (χ1n) is 11.1. The highest BCUT2D eigenvalue weighted by atomic mass is 19.4. The summed E-state index contributed by atoms with van der Waals surface area (Å²) in [6.07, 6.45) is -0.291. The Labute approximate surface area is 189 Å². The second-order valence-corrected chi connectivity index (χ2v) is 8.53. The number of pyridine rings is 1. The second kappa shape index (κ2) is 8.79. The zero-order valence-electron chi connectivity index (χ0n) is 18.2. The minimum Gasteiger partial charge on any atom is -0.377 e. The van der Waals surface area contributed by atoms with Gasteiger partial charge in [0.05, 0.1) is 24.9 Å². The van der Waals surface area contributed by atoms with E-state index in [1.165, 1.54) is 6.20 Å². The number of aromatic amines is 1. The van der Waals surface area contributed by atoms with Crippen molar-refractivity contribution in [3.8, 4) is 11.3 Å². The monoisotopic (exact) mass is 461 g/mol. The van der Waals surface area contributed by atoms with Crippen molar-refractivity contribution in [2.45, 2.75) is 38.0 Å². The van der Waals surface area contributed by atoms with E-state index in [0.717, 1.165) is 37.9 Å². The molecular formula is C22H26F3N7O. The summed E-state index contributed by atoms with van der Waals surface area (Å²) in [7, 11) is 0. The number of halogens is 3. The molecule has 3 N–H and O–H groups in total. The lowest BCUT2D eigenvalue weighted by Gasteiger charge is -2.34. The summed E-state index contributed by atoms with van der Waals surface area (Å²) in [5, 5.41) is 7.02. The van der Waals surface area contributed by atoms with Gasteiger partial charge in [0.25, 0.3) is 0 Å². The van der Waals surface area contributed by atoms with Gasteiger partial charge >= 0.3 is 6.18 Å². The van der Waals surface area contributed by atoms with Crippen LogP contribution in [-0.4, -0.2) is 64.9 Å². The summed E-state index contributed by atoms with van der Waals surface area (Å²) in [5.41, 5.74) is -0.177. The van der Waals surface area contributed by atoms with Crippen molar-refractivity contribution in [1.29, 1.82) is 0 Å². The number of ether oxygens (including phenoxy) is 1. The smallest absolute Gasteiger partial charge is 0.377 e. The third-order valence-corrected chi connectivity index (χ3v) is 6.17. The number of rotatable bonds is 4. The first-order valence-corrected chi connectivity index (χ1v) is 11.1. The SMILES string of the molecule is C[C@H]1COCCN1c1ccc2c(-c3nc(N[C@@H]4CCCNC4)ncc3C(F)(F)F)c[nH]c2n1. The molecule has 0 bridgehead atoms. The minimum atomic E-state index is -4.58. The van der Waals surface area contributed by atoms with Crippen LogP contribution in [0.5, 0.6) is 0 Å². The zero-order chi connectivity index (χ0) is 23.0. The van der Waals surface area contributed by atoms with Crippen molar-refractivity contribution in [2.24, 2.45) is 0 Å². The number of anilines is 2. The lowest BCUT2D eigenvalue weighted by Crippen LogP contribution is -2.44. The van der Waals surface area contributed by atoms with Gasteiger partial charge in [0.2, 0.25) is 5.95 Å². The summed E-state index contributed by atoms with van der Waals surface area (Å²) >= 11 is 0. The molecule has 2 atom stereocenters. The summed E-state index contributed by atoms with van der Waals surface area (Å²) in [5.74, 6) is 0.949. The Morgan fingerprint density at radius 2 is 2.12 bits per heavy atom. The standard InChI is InChI=1S/C22H26F3N7O/c1-13-12-33-8-7-32(13)18-5-4-15-16(10-27-20(15)30-18)19-17(22(23,24)25)11-28-21(31-19)29-14-3-2-6-26-9-14/h4-5,10-11,13-14,26H,2-3,6-9,12H2,1H3,(H,27,30)(H,28,29,31)/t13-,14+/m0/s1. The van der Waals surface area contributed by atoms with Gasteiger partial charge in [-0.05, 0) is 38.4 Å². The average Bonchev–Trinajstić information content (AvgIpc) is 3.22. The largest absolute Gasteiger partial charge is 0.419 e. The molecule has 11 heteroatoms. The number of nitrogens with one attached hydrogen (secondary N) is 3. The third-order valence-electron chi connectivity index (χ3n) is 6.17. The van der Waals surface area contributed by atoms with Gasteiger partial charge in [-0.2, -0.15) is 13.2 Å². The van der Waals surface area contributed by atoms with Crippen LogP contribution in [0, 0.1) is 0 Å². The molecule has 5 rings (SSSR count). The van der Waals surface area contributed by atoms with Gasteiger partial charge in [0.15, 0.2) is 0 Å². The van der Waals surface area contributed by atoms with Gasteiger partial charge in [0.1, 0.15) is 17.0 Å². The van der Waals surface area contributed by atoms with Crippen molar-refractivity contribution in [2.75, 3.05) is 43.1 Å². The van der Waals surface area contributed by atoms with Crippen LogP contribution in [0.25, 0.3) is 22.3 Å². The quantitative estimate of drug-likeness (QED) is 0.548. The van der Waals surface area contributed by atoms with Crippen LogP contribution in [0.1, 0.15) is 25.3 Å². The number of aromatic nitrogens is 4. The van der Waals surface area contributed by atoms with E-state index in [2.05, 4.69) is 42.4 Å². The molecule has 0 saturated carbocycles. The molecule has 2 aliphatic heterocycles. The van der Waals surface area contributed by atoms with E-state index in [4.69, 9.17) is 4.74 Å². The molecule has 5 heterocycles. The molecule has 0 unspecified atom stereocenters. The van der Waals surface area contributed by atoms with Crippen LogP contribution in [-0.2, 0) is 10.9 Å². The average molecular weight is 461 g/mol. The predicted octanol–water partition coefficient (Wildman–Crippen LogP) is 3.43. The number of hydrogen-bond donors (Lipinski definition) is 3. The Bertz CT molecular complexity index is 1130. The third kappa shape index (κ3) is 4.47. The molecule has 3 aromatic heterocycles. The maximum atomic E-state index is 13.8. The highest BCUT2D eigenvalue weighted by Gasteiger charge is 2.36. The van der Waals surface area contributed by atoms with E-state index in [9.17, 15) is 13.2 Å². The zero-order valence-corrected chi connectivity index (χ0v) is 18.2. The lowest BCUT2D eigenvalue weighted by molar-refractivity contribution is -0.137. The molecule has 176 valence electrons. The van der Waals surface area contributed by atoms with Gasteiger partial charge in [-0.3, -0.25) is 0 Å². The minimum absolute atomic E-state index is 0.0750. The van der Waals surface area contributed by atoms with Crippen LogP contribution < -0.4 is 15.5 Å². The first kappa shape index (κ1) is 21.9. The molecule has 2 saturated heterocycles. The van der Waals surface area contributed by atoms with E-state index in [0.29, 0.717) is 36.4 Å². The number of fused-ring (bicyclic) bond motifs is 1. The number of nitrogens with zero attached hydrogens (tertiary/aromatic N) is 4. The van der Waals surface area contributed by atoms with Gasteiger partial charge in [-0.1, -0.05) is 0 Å². The topological polar surface area (TPSA) is 91.0 Å². The molecule has 0 amide bonds. The number of H-pyrrole nitrogens is 1. The molecular weight excluding hydrogens is 435 g/mol. The Balaban J connectivity index is 1.52. The molecule has 0 aromatic carbocycles. The highest BCUT2D eigenvalue weighted by molar-refractivity contribution is 5.94. The summed E-state index contributed by atoms with van der Waals surface area (Å²) in [6.45, 7) is 5.64. The molecule has 3 aromatic rings. The van der Waals surface area contributed by atoms with Gasteiger partial charge < -0.3 is 25.3 Å². The lowest BCUT2D eigenvalue weighted by atomic mass is 10.1. The Morgan fingerprint density at radius 3 is 2.88 bits per heavy atom. The maximum absolute atomic E-state index is 13.8. The van der Waals surface area contributed by atoms with Gasteiger partial charge in [-0.15, -0.1) is 0 Å². The molecule has 33 heavy (non-hydrogen) atoms. The molecule has 0 spiro atoms. The fraction of sp³-hybridized carbons (Fsp3) is 0.500. The van der Waals surface area contributed by atoms with Crippen molar-refractivity contribution in [3.63, 3.8) is 0 Å². The molecule has 0 radical (unpaired) electrons. The van der Waals surface area contributed by atoms with Crippen molar-refractivity contribution >= 4 is 22.8 Å². The predicted molar refractivity (Wildman–Crippen MR) is 119 cm³/mol. The molecule has 0 aliphatic carbocycles. The first-order chi connectivity index (χ1) is 15.9. The second-order valence-electron chi connectivity index (χ2n) is 8.53. The number of piperidine rings is 1. The van der Waals surface area contributed by atoms with E-state index < -0.39 is 11.7 Å². The molecule has 2 aliphatic rings. The summed E-state index contributed by atoms with van der Waals surface area (Å²) < 4.78 is 47.0. The van der Waals surface area contributed by atoms with Crippen LogP contribution >= 0.6 is 0 Å². The fourth-order valence-electron chi connectivity index (χ4n) is 4.44. The fourth-order valence-corrected chi connectivity index (χ4v) is 4.44. The normalized spacial score (nSPS) is 22.0. The van der Waals surface area contributed by atoms with Crippen LogP contribution in [0.4, 0.5) is 24.9 Å². The van der Waals surface area contributed by atoms with Gasteiger partial charge in [0, 0.05) is 42.5 Å². The van der Waals surface area contributed by atoms with Gasteiger partial charge in [-0.25, -0.2) is 15.0 Å². The van der Waals surface area contributed by atoms with Crippen LogP contribution in [0.3, 0.4) is 0 Å². The van der Waals surface area contributed by atoms with Crippen molar-refractivity contribution in [1.82, 2.24) is 25.3 Å². The number of morpholine rings is 1. The van der Waals surface area contributed by atoms with E-state index in [1.54, 1.807) is 6.07 Å². The number of hydrogen-bond acceptors (Lipinski definition) is 7. The van der Waals surface area contributed by atoms with E-state index in [-0.39, 0.29) is 23.7 Å². The number of alkyl halides is 3. The summed E-state index contributed by atoms with van der Waals surface area (Å²) in [4.78, 5) is 18.1. The Kier molecular flexibility index (Phi) is 5.83. The van der Waals surface area contributed by atoms with Crippen molar-refractivity contribution in [3.05, 3.63) is 30.1 Å². The van der Waals surface area contributed by atoms with Crippen molar-refractivity contribution < 1.29 is 17.9 Å². The Hall–Kier alpha value is -2.92. The molecule has 2 fully saturated rings. The van der Waals surface area contributed by atoms with Crippen LogP contribution in [0.2, 0.25) is 0 Å². The van der Waals surface area contributed by atoms with E-state index >= 15 is 0 Å². The maximum Gasteiger partial charge on any atom is 0.419 e. The Morgan fingerprint density at radius 1 is 1.24 bits per heavy atom. The highest BCUT2D eigenvalue weighted by Crippen LogP contribution is 2.39. The molecule has 8 nitrogen and oxygen atoms in total. The van der Waals surface area contributed by atoms with E-state index in [1.807, 2.05) is 6.07 Å². The summed E-state index contributed by atoms with van der Waals surface area (Å²) in [6, 6.07) is 3.88. The van der Waals surface area contributed by atoms with Crippen LogP contribution in [0.15, 0.2) is 24.5 Å².